The van der Waals surface area contributed by atoms with Crippen molar-refractivity contribution in [1.82, 2.24) is 0 Å². The van der Waals surface area contributed by atoms with E-state index in [2.05, 4.69) is 160 Å². The van der Waals surface area contributed by atoms with E-state index in [1.807, 2.05) is 12.1 Å². The molecule has 4 N–H and O–H groups in total. The van der Waals surface area contributed by atoms with E-state index in [1.165, 1.54) is 89.2 Å². The van der Waals surface area contributed by atoms with Gasteiger partial charge in [0.1, 0.15) is 0 Å². The Morgan fingerprint density at radius 3 is 1.57 bits per heavy atom. The maximum absolute atomic E-state index is 5.39. The molecule has 0 amide bonds. The maximum atomic E-state index is 5.39. The molecule has 0 radical (unpaired) electrons. The second kappa shape index (κ2) is 13.0. The van der Waals surface area contributed by atoms with Crippen molar-refractivity contribution in [2.24, 2.45) is 0 Å². The number of nitrogens with two attached hydrogens (primary N) is 2. The summed E-state index contributed by atoms with van der Waals surface area (Å²) in [6.45, 7) is 6.44. The van der Waals surface area contributed by atoms with Gasteiger partial charge in [-0.15, -0.1) is 0 Å². The van der Waals surface area contributed by atoms with E-state index in [0.29, 0.717) is 11.4 Å². The molecule has 0 unspecified atom stereocenters. The van der Waals surface area contributed by atoms with Gasteiger partial charge >= 0.3 is 0 Å². The largest absolute Gasteiger partial charge is 0.397 e. The summed E-state index contributed by atoms with van der Waals surface area (Å²) in [5.74, 6) is 0. The number of hydrogen-bond acceptors (Lipinski definition) is 2. The van der Waals surface area contributed by atoms with E-state index >= 15 is 0 Å². The van der Waals surface area contributed by atoms with E-state index in [1.54, 1.807) is 12.1 Å². The van der Waals surface area contributed by atoms with Gasteiger partial charge < -0.3 is 11.5 Å². The van der Waals surface area contributed by atoms with Crippen molar-refractivity contribution in [2.75, 3.05) is 11.5 Å². The average Bonchev–Trinajstić information content (AvgIpc) is 3.62. The fraction of sp³-hybridized carbons (Fsp3) is 0.102. The monoisotopic (exact) mass is 658 g/mol. The van der Waals surface area contributed by atoms with Gasteiger partial charge in [-0.2, -0.15) is 0 Å². The Kier molecular flexibility index (Phi) is 8.16. The van der Waals surface area contributed by atoms with E-state index in [-0.39, 0.29) is 5.41 Å². The molecule has 0 saturated carbocycles. The molecule has 248 valence electrons. The zero-order valence-corrected chi connectivity index (χ0v) is 29.5. The number of anilines is 2. The van der Waals surface area contributed by atoms with E-state index in [0.717, 1.165) is 0 Å². The zero-order valence-electron chi connectivity index (χ0n) is 29.5. The molecule has 0 saturated heterocycles. The number of aryl methyl sites for hydroxylation is 1. The van der Waals surface area contributed by atoms with Crippen LogP contribution in [0.1, 0.15) is 48.1 Å². The quantitative estimate of drug-likeness (QED) is 0.172. The summed E-state index contributed by atoms with van der Waals surface area (Å²) in [6.07, 6.45) is 1.25. The van der Waals surface area contributed by atoms with Gasteiger partial charge in [-0.3, -0.25) is 0 Å². The minimum Gasteiger partial charge on any atom is -0.397 e. The molecular formula is C49H42N2. The van der Waals surface area contributed by atoms with Crippen molar-refractivity contribution < 1.29 is 0 Å². The van der Waals surface area contributed by atoms with Gasteiger partial charge in [-0.05, 0) is 114 Å². The molecular weight excluding hydrogens is 617 g/mol. The van der Waals surface area contributed by atoms with Crippen LogP contribution in [0.15, 0.2) is 164 Å². The SMILES string of the molecule is CCC.Cc1cccc(-c2cc3c(c4ccccc24)-c2cc4ccccc4cc2C32c3ccccc3-c3ccccc32)c1.Nc1ccccc1N. The first-order chi connectivity index (χ1) is 25.0. The van der Waals surface area contributed by atoms with Crippen molar-refractivity contribution in [3.63, 3.8) is 0 Å². The highest BCUT2D eigenvalue weighted by atomic mass is 14.7. The van der Waals surface area contributed by atoms with Gasteiger partial charge in [0, 0.05) is 0 Å². The molecule has 2 aliphatic rings. The first kappa shape index (κ1) is 32.1. The summed E-state index contributed by atoms with van der Waals surface area (Å²) in [5, 5.41) is 5.21. The van der Waals surface area contributed by atoms with Crippen LogP contribution in [0.4, 0.5) is 11.4 Å². The molecule has 0 fully saturated rings. The molecule has 2 nitrogen and oxygen atoms in total. The smallest absolute Gasteiger partial charge is 0.0726 e. The van der Waals surface area contributed by atoms with Gasteiger partial charge in [0.2, 0.25) is 0 Å². The van der Waals surface area contributed by atoms with Crippen molar-refractivity contribution >= 4 is 32.9 Å². The Balaban J connectivity index is 0.000000296. The van der Waals surface area contributed by atoms with Crippen LogP contribution in [0.5, 0.6) is 0 Å². The molecule has 2 aliphatic carbocycles. The summed E-state index contributed by atoms with van der Waals surface area (Å²) < 4.78 is 0. The number of benzene rings is 8. The van der Waals surface area contributed by atoms with Gasteiger partial charge in [0.15, 0.2) is 0 Å². The van der Waals surface area contributed by atoms with Crippen LogP contribution in [0.3, 0.4) is 0 Å². The highest BCUT2D eigenvalue weighted by molar-refractivity contribution is 6.12. The average molecular weight is 659 g/mol. The lowest BCUT2D eigenvalue weighted by Crippen LogP contribution is -2.26. The fourth-order valence-electron chi connectivity index (χ4n) is 8.24. The standard InChI is InChI=1S/C40H26.C6H8N2.C3H8/c1-25-11-10-14-28(21-25)33-24-38-39(32-18-5-4-15-29(32)33)34-22-26-12-2-3-13-27(26)23-37(34)40(38)35-19-8-6-16-30(35)31-17-7-9-20-36(31)40;7-5-3-1-2-4-6(5)8;1-3-2/h2-24H,1H3;1-4H,7-8H2;3H2,1-2H3. The Morgan fingerprint density at radius 2 is 0.961 bits per heavy atom. The van der Waals surface area contributed by atoms with Crippen molar-refractivity contribution in [2.45, 2.75) is 32.6 Å². The minimum atomic E-state index is -0.371. The van der Waals surface area contributed by atoms with Gasteiger partial charge in [0.25, 0.3) is 0 Å². The molecule has 10 rings (SSSR count). The van der Waals surface area contributed by atoms with E-state index in [4.69, 9.17) is 11.5 Å². The molecule has 0 heterocycles. The second-order valence-electron chi connectivity index (χ2n) is 13.7. The number of rotatable bonds is 1. The Hall–Kier alpha value is -6.12. The highest BCUT2D eigenvalue weighted by Crippen LogP contribution is 2.64. The molecule has 0 atom stereocenters. The molecule has 8 aromatic carbocycles. The second-order valence-corrected chi connectivity index (χ2v) is 13.7. The maximum Gasteiger partial charge on any atom is 0.0726 e. The number of fused-ring (bicyclic) bond motifs is 13. The number of para-hydroxylation sites is 2. The van der Waals surface area contributed by atoms with Gasteiger partial charge in [0.05, 0.1) is 16.8 Å². The van der Waals surface area contributed by atoms with Crippen LogP contribution in [-0.4, -0.2) is 0 Å². The van der Waals surface area contributed by atoms with Crippen LogP contribution < -0.4 is 11.5 Å². The Bertz CT molecular complexity index is 2510. The summed E-state index contributed by atoms with van der Waals surface area (Å²) in [4.78, 5) is 0. The van der Waals surface area contributed by atoms with Crippen molar-refractivity contribution in [3.8, 4) is 33.4 Å². The third-order valence-corrected chi connectivity index (χ3v) is 10.3. The zero-order chi connectivity index (χ0) is 35.1. The molecule has 0 aliphatic heterocycles. The number of nitrogen functional groups attached to an aromatic ring is 2. The predicted molar refractivity (Wildman–Crippen MR) is 219 cm³/mol. The van der Waals surface area contributed by atoms with Gasteiger partial charge in [-0.1, -0.05) is 159 Å². The molecule has 1 spiro atoms. The number of hydrogen-bond donors (Lipinski definition) is 2. The van der Waals surface area contributed by atoms with Crippen LogP contribution in [0, 0.1) is 6.92 Å². The van der Waals surface area contributed by atoms with Gasteiger partial charge in [-0.25, -0.2) is 0 Å². The van der Waals surface area contributed by atoms with Crippen LogP contribution >= 0.6 is 0 Å². The molecule has 8 aromatic rings. The Labute approximate surface area is 301 Å². The normalized spacial score (nSPS) is 12.6. The first-order valence-electron chi connectivity index (χ1n) is 17.9. The van der Waals surface area contributed by atoms with Crippen LogP contribution in [0.25, 0.3) is 54.9 Å². The lowest BCUT2D eigenvalue weighted by Gasteiger charge is -2.31. The molecule has 2 heteroatoms. The van der Waals surface area contributed by atoms with E-state index in [9.17, 15) is 0 Å². The predicted octanol–water partition coefficient (Wildman–Crippen LogP) is 12.6. The topological polar surface area (TPSA) is 52.0 Å². The van der Waals surface area contributed by atoms with Crippen molar-refractivity contribution in [1.29, 1.82) is 0 Å². The molecule has 0 aromatic heterocycles. The third-order valence-electron chi connectivity index (χ3n) is 10.3. The molecule has 51 heavy (non-hydrogen) atoms. The highest BCUT2D eigenvalue weighted by Gasteiger charge is 2.52. The summed E-state index contributed by atoms with van der Waals surface area (Å²) in [7, 11) is 0. The summed E-state index contributed by atoms with van der Waals surface area (Å²) >= 11 is 0. The van der Waals surface area contributed by atoms with Crippen LogP contribution in [0.2, 0.25) is 0 Å². The van der Waals surface area contributed by atoms with Crippen LogP contribution in [-0.2, 0) is 5.41 Å². The summed E-state index contributed by atoms with van der Waals surface area (Å²) in [6, 6.07) is 59.6. The fourth-order valence-corrected chi connectivity index (χ4v) is 8.24. The Morgan fingerprint density at radius 1 is 0.431 bits per heavy atom. The summed E-state index contributed by atoms with van der Waals surface area (Å²) in [5.41, 5.74) is 26.5. The van der Waals surface area contributed by atoms with E-state index < -0.39 is 0 Å². The lowest BCUT2D eigenvalue weighted by atomic mass is 9.69. The lowest BCUT2D eigenvalue weighted by molar-refractivity contribution is 0.796. The molecule has 0 bridgehead atoms. The van der Waals surface area contributed by atoms with Crippen molar-refractivity contribution in [3.05, 3.63) is 192 Å². The minimum absolute atomic E-state index is 0.371. The third kappa shape index (κ3) is 5.10. The first-order valence-corrected chi connectivity index (χ1v) is 17.9.